The monoisotopic (exact) mass is 440 g/mol. The second-order valence-electron chi connectivity index (χ2n) is 7.46. The van der Waals surface area contributed by atoms with E-state index < -0.39 is 11.7 Å². The number of aryl methyl sites for hydroxylation is 1. The summed E-state index contributed by atoms with van der Waals surface area (Å²) in [5.74, 6) is 1.64. The first kappa shape index (κ1) is 21.6. The molecule has 8 nitrogen and oxygen atoms in total. The Labute approximate surface area is 185 Å². The fraction of sp³-hybridized carbons (Fsp3) is 0.348. The Morgan fingerprint density at radius 3 is 2.44 bits per heavy atom. The number of carbonyl (C=O) groups is 1. The van der Waals surface area contributed by atoms with Gasteiger partial charge in [0.1, 0.15) is 11.6 Å². The number of hydrogen-bond acceptors (Lipinski definition) is 6. The Balaban J connectivity index is 1.64. The molecule has 1 aromatic heterocycles. The van der Waals surface area contributed by atoms with Crippen LogP contribution in [0.3, 0.4) is 0 Å². The third-order valence-electron chi connectivity index (χ3n) is 5.50. The van der Waals surface area contributed by atoms with Gasteiger partial charge in [0.05, 0.1) is 26.9 Å². The number of nitrogens with one attached hydrogen (secondary N) is 1. The van der Waals surface area contributed by atoms with E-state index >= 15 is 0 Å². The SMILES string of the molecule is COc1cc(C(=O)Nc2ccc(F)c(-c3nnc4n3CCCCC4)c2)cc(OC)c1OC. The number of ether oxygens (including phenoxy) is 3. The average molecular weight is 440 g/mol. The Hall–Kier alpha value is -3.62. The first-order valence-electron chi connectivity index (χ1n) is 10.4. The van der Waals surface area contributed by atoms with E-state index in [0.717, 1.165) is 38.1 Å². The molecule has 1 aliphatic heterocycles. The lowest BCUT2D eigenvalue weighted by Crippen LogP contribution is -2.13. The molecule has 0 saturated carbocycles. The average Bonchev–Trinajstić information content (AvgIpc) is 3.06. The molecule has 32 heavy (non-hydrogen) atoms. The molecule has 2 heterocycles. The first-order chi connectivity index (χ1) is 15.5. The van der Waals surface area contributed by atoms with Crippen LogP contribution in [0.1, 0.15) is 35.4 Å². The number of benzene rings is 2. The zero-order valence-electron chi connectivity index (χ0n) is 18.3. The van der Waals surface area contributed by atoms with E-state index in [1.807, 2.05) is 4.57 Å². The van der Waals surface area contributed by atoms with Crippen molar-refractivity contribution in [3.63, 3.8) is 0 Å². The lowest BCUT2D eigenvalue weighted by atomic mass is 10.1. The van der Waals surface area contributed by atoms with Gasteiger partial charge < -0.3 is 24.1 Å². The maximum atomic E-state index is 14.7. The molecule has 4 rings (SSSR count). The molecule has 0 fully saturated rings. The molecule has 0 unspecified atom stereocenters. The normalized spacial score (nSPS) is 13.1. The van der Waals surface area contributed by atoms with Gasteiger partial charge in [-0.3, -0.25) is 4.79 Å². The van der Waals surface area contributed by atoms with Crippen LogP contribution in [0.5, 0.6) is 17.2 Å². The summed E-state index contributed by atoms with van der Waals surface area (Å²) in [7, 11) is 4.45. The van der Waals surface area contributed by atoms with Crippen LogP contribution in [-0.2, 0) is 13.0 Å². The number of hydrogen-bond donors (Lipinski definition) is 1. The van der Waals surface area contributed by atoms with E-state index in [-0.39, 0.29) is 0 Å². The number of fused-ring (bicyclic) bond motifs is 1. The maximum absolute atomic E-state index is 14.7. The van der Waals surface area contributed by atoms with Crippen molar-refractivity contribution in [3.05, 3.63) is 47.5 Å². The highest BCUT2D eigenvalue weighted by atomic mass is 19.1. The molecule has 0 radical (unpaired) electrons. The van der Waals surface area contributed by atoms with Gasteiger partial charge in [-0.15, -0.1) is 10.2 Å². The van der Waals surface area contributed by atoms with E-state index in [9.17, 15) is 9.18 Å². The standard InChI is InChI=1S/C23H25FN4O4/c1-30-18-11-14(12-19(31-2)21(18)32-3)23(29)25-15-8-9-17(24)16(13-15)22-27-26-20-7-5-4-6-10-28(20)22/h8-9,11-13H,4-7,10H2,1-3H3,(H,25,29). The predicted molar refractivity (Wildman–Crippen MR) is 117 cm³/mol. The highest BCUT2D eigenvalue weighted by molar-refractivity contribution is 6.05. The van der Waals surface area contributed by atoms with Crippen molar-refractivity contribution in [1.82, 2.24) is 14.8 Å². The number of halogens is 1. The van der Waals surface area contributed by atoms with Gasteiger partial charge in [-0.25, -0.2) is 4.39 Å². The van der Waals surface area contributed by atoms with Crippen LogP contribution in [0.25, 0.3) is 11.4 Å². The number of rotatable bonds is 6. The number of amides is 1. The molecule has 1 amide bonds. The molecule has 0 spiro atoms. The Kier molecular flexibility index (Phi) is 6.25. The van der Waals surface area contributed by atoms with Gasteiger partial charge in [0.2, 0.25) is 5.75 Å². The van der Waals surface area contributed by atoms with E-state index in [4.69, 9.17) is 14.2 Å². The molecule has 9 heteroatoms. The molecule has 3 aromatic rings. The van der Waals surface area contributed by atoms with Gasteiger partial charge in [0.25, 0.3) is 5.91 Å². The number of methoxy groups -OCH3 is 3. The minimum Gasteiger partial charge on any atom is -0.493 e. The summed E-state index contributed by atoms with van der Waals surface area (Å²) in [6, 6.07) is 7.51. The van der Waals surface area contributed by atoms with Crippen LogP contribution in [0, 0.1) is 5.82 Å². The van der Waals surface area contributed by atoms with Crippen molar-refractivity contribution in [2.75, 3.05) is 26.6 Å². The zero-order valence-corrected chi connectivity index (χ0v) is 18.3. The minimum atomic E-state index is -0.421. The lowest BCUT2D eigenvalue weighted by molar-refractivity contribution is 0.102. The summed E-state index contributed by atoms with van der Waals surface area (Å²) in [4.78, 5) is 12.9. The fourth-order valence-electron chi connectivity index (χ4n) is 3.87. The lowest BCUT2D eigenvalue weighted by Gasteiger charge is -2.14. The molecule has 1 aliphatic rings. The van der Waals surface area contributed by atoms with Crippen LogP contribution in [0.4, 0.5) is 10.1 Å². The Bertz CT molecular complexity index is 1120. The largest absolute Gasteiger partial charge is 0.493 e. The van der Waals surface area contributed by atoms with Crippen molar-refractivity contribution >= 4 is 11.6 Å². The summed E-state index contributed by atoms with van der Waals surface area (Å²) in [5.41, 5.74) is 1.04. The third-order valence-corrected chi connectivity index (χ3v) is 5.50. The number of anilines is 1. The van der Waals surface area contributed by atoms with E-state index in [1.54, 1.807) is 18.2 Å². The van der Waals surface area contributed by atoms with E-state index in [0.29, 0.717) is 39.9 Å². The summed E-state index contributed by atoms with van der Waals surface area (Å²) in [6.45, 7) is 0.749. The van der Waals surface area contributed by atoms with Crippen molar-refractivity contribution < 1.29 is 23.4 Å². The van der Waals surface area contributed by atoms with Gasteiger partial charge in [0.15, 0.2) is 17.3 Å². The van der Waals surface area contributed by atoms with Gasteiger partial charge in [-0.1, -0.05) is 6.42 Å². The molecule has 0 saturated heterocycles. The number of carbonyl (C=O) groups excluding carboxylic acids is 1. The molecule has 0 atom stereocenters. The summed E-state index contributed by atoms with van der Waals surface area (Å²) in [6.07, 6.45) is 3.98. The maximum Gasteiger partial charge on any atom is 0.255 e. The second kappa shape index (κ2) is 9.25. The minimum absolute atomic E-state index is 0.299. The fourth-order valence-corrected chi connectivity index (χ4v) is 3.87. The molecule has 2 aromatic carbocycles. The molecular formula is C23H25FN4O4. The first-order valence-corrected chi connectivity index (χ1v) is 10.4. The topological polar surface area (TPSA) is 87.5 Å². The molecule has 0 aliphatic carbocycles. The number of nitrogens with zero attached hydrogens (tertiary/aromatic N) is 3. The molecule has 0 bridgehead atoms. The van der Waals surface area contributed by atoms with Gasteiger partial charge in [-0.05, 0) is 43.2 Å². The molecule has 1 N–H and O–H groups in total. The molecule has 168 valence electrons. The highest BCUT2D eigenvalue weighted by Gasteiger charge is 2.21. The van der Waals surface area contributed by atoms with E-state index in [2.05, 4.69) is 15.5 Å². The summed E-state index contributed by atoms with van der Waals surface area (Å²) in [5, 5.41) is 11.3. The quantitative estimate of drug-likeness (QED) is 0.621. The van der Waals surface area contributed by atoms with Gasteiger partial charge in [0, 0.05) is 24.2 Å². The summed E-state index contributed by atoms with van der Waals surface area (Å²) >= 11 is 0. The summed E-state index contributed by atoms with van der Waals surface area (Å²) < 4.78 is 32.6. The van der Waals surface area contributed by atoms with Gasteiger partial charge in [-0.2, -0.15) is 0 Å². The molecular weight excluding hydrogens is 415 g/mol. The van der Waals surface area contributed by atoms with Crippen molar-refractivity contribution in [2.45, 2.75) is 32.2 Å². The Morgan fingerprint density at radius 1 is 1.00 bits per heavy atom. The van der Waals surface area contributed by atoms with Crippen molar-refractivity contribution in [3.8, 4) is 28.6 Å². The van der Waals surface area contributed by atoms with Crippen molar-refractivity contribution in [2.24, 2.45) is 0 Å². The second-order valence-corrected chi connectivity index (χ2v) is 7.46. The van der Waals surface area contributed by atoms with Crippen LogP contribution >= 0.6 is 0 Å². The smallest absolute Gasteiger partial charge is 0.255 e. The zero-order chi connectivity index (χ0) is 22.7. The van der Waals surface area contributed by atoms with Crippen molar-refractivity contribution in [1.29, 1.82) is 0 Å². The van der Waals surface area contributed by atoms with Crippen LogP contribution in [0.2, 0.25) is 0 Å². The Morgan fingerprint density at radius 2 is 1.75 bits per heavy atom. The van der Waals surface area contributed by atoms with Crippen LogP contribution < -0.4 is 19.5 Å². The van der Waals surface area contributed by atoms with Crippen LogP contribution in [0.15, 0.2) is 30.3 Å². The van der Waals surface area contributed by atoms with Gasteiger partial charge >= 0.3 is 0 Å². The highest BCUT2D eigenvalue weighted by Crippen LogP contribution is 2.38. The number of aromatic nitrogens is 3. The van der Waals surface area contributed by atoms with E-state index in [1.165, 1.54) is 33.5 Å². The third kappa shape index (κ3) is 4.10. The predicted octanol–water partition coefficient (Wildman–Crippen LogP) is 4.09. The van der Waals surface area contributed by atoms with Crippen LogP contribution in [-0.4, -0.2) is 42.0 Å².